The van der Waals surface area contributed by atoms with Crippen molar-refractivity contribution in [1.82, 2.24) is 19.9 Å². The van der Waals surface area contributed by atoms with Gasteiger partial charge in [0.1, 0.15) is 69.5 Å². The molecule has 16 N–H and O–H groups in total. The highest BCUT2D eigenvalue weighted by atomic mass is 127. The standard InChI is InChI=1S/C24H26N4O5S.C22H24N4O4S.C18H26IN3O4S.C12H23NO3S.C8H7N.C6H5IN2O2.C2H4O2/c1-16(29)9-11-34(33,12-10-17(2)30)28-24(32)21-14-20(23(25)26-15-21)8-7-19-5-4-6-22(13-19)27-18(3)31;1-15(27)8-10-31(30,11-9-16(2)28)26-22(29)19-13-18(21(24)25-14-19)7-6-17-4-3-5-20(23)12-17;1-13(23)7-3-5-9-27(26,10-6-4-8-14(2)24)22-18(25)15-11-16(19)17(20)21-12-15;1-11(14)7-3-5-9-17(13,16)10-6-4-8-12(2)15;1-2-7-4-3-5-8(9)6-7;7-4-1-3(6(10)11)2-9-5(4)8;1-2(3)4/h4-6,13-15H,9-12H2,1-3H3,(H2,25,26)(H,27,31);3-5,12-14H,8-11,23H2,1-2H3,(H2,24,25);11-12H,3-10H2,1-2H3,(H2,20,21);13H,3-10H2,1-2H3;1,3-6H,9H2;1-2H,(H2,8,9)(H,10,11);1H3,(H,3,4). The molecule has 0 radical (unpaired) electrons. The highest BCUT2D eigenvalue weighted by molar-refractivity contribution is 14.1. The Morgan fingerprint density at radius 2 is 0.662 bits per heavy atom. The summed E-state index contributed by atoms with van der Waals surface area (Å²) in [5.74, 6) is 11.3. The van der Waals surface area contributed by atoms with Crippen molar-refractivity contribution in [3.8, 4) is 36.0 Å². The Labute approximate surface area is 804 Å². The number of carboxylic acid groups (broad SMARTS) is 2. The average Bonchev–Trinajstić information content (AvgIpc) is 0.835. The molecule has 0 aliphatic rings. The minimum Gasteiger partial charge on any atom is -0.481 e. The summed E-state index contributed by atoms with van der Waals surface area (Å²) in [6.07, 6.45) is 17.1. The van der Waals surface area contributed by atoms with Crippen LogP contribution in [0.3, 0.4) is 0 Å². The first-order chi connectivity index (χ1) is 62.2. The Morgan fingerprint density at radius 1 is 0.376 bits per heavy atom. The van der Waals surface area contributed by atoms with E-state index in [1.54, 1.807) is 80.6 Å². The van der Waals surface area contributed by atoms with Gasteiger partial charge in [0, 0.05) is 180 Å². The van der Waals surface area contributed by atoms with E-state index < -0.39 is 68.6 Å². The summed E-state index contributed by atoms with van der Waals surface area (Å²) in [4.78, 5) is 173. The van der Waals surface area contributed by atoms with E-state index in [1.807, 2.05) is 57.3 Å². The van der Waals surface area contributed by atoms with E-state index >= 15 is 0 Å². The predicted octanol–water partition coefficient (Wildman–Crippen LogP) is 13.1. The number of hydrogen-bond acceptors (Lipinski definition) is 29. The summed E-state index contributed by atoms with van der Waals surface area (Å²) >= 11 is 3.90. The van der Waals surface area contributed by atoms with Gasteiger partial charge in [0.25, 0.3) is 23.7 Å². The second-order valence-corrected chi connectivity index (χ2v) is 42.3. The molecule has 0 aliphatic carbocycles. The highest BCUT2D eigenvalue weighted by Gasteiger charge is 2.21. The van der Waals surface area contributed by atoms with Gasteiger partial charge in [-0.25, -0.2) is 41.6 Å². The number of nitrogens with one attached hydrogen (secondary N) is 2. The fourth-order valence-corrected chi connectivity index (χ4v) is 18.9. The third-order valence-corrected chi connectivity index (χ3v) is 27.5. The van der Waals surface area contributed by atoms with Crippen molar-refractivity contribution in [2.24, 2.45) is 13.1 Å². The van der Waals surface area contributed by atoms with Crippen LogP contribution < -0.4 is 39.7 Å². The van der Waals surface area contributed by atoms with Gasteiger partial charge in [-0.3, -0.25) is 47.9 Å². The molecule has 0 unspecified atom stereocenters. The van der Waals surface area contributed by atoms with Crippen molar-refractivity contribution >= 4 is 206 Å². The number of Topliss-reactive ketones (excluding diaryl/α,β-unsaturated/α-hetero) is 8. The zero-order valence-corrected chi connectivity index (χ0v) is 83.4. The van der Waals surface area contributed by atoms with E-state index in [0.29, 0.717) is 128 Å². The van der Waals surface area contributed by atoms with Gasteiger partial charge in [-0.05, 0) is 231 Å². The van der Waals surface area contributed by atoms with Gasteiger partial charge >= 0.3 is 5.97 Å². The molecule has 7 rings (SSSR count). The van der Waals surface area contributed by atoms with Crippen molar-refractivity contribution in [2.45, 2.75) is 172 Å². The molecule has 0 bridgehead atoms. The number of carboxylic acids is 2. The molecule has 0 fully saturated rings. The molecule has 35 nitrogen and oxygen atoms in total. The summed E-state index contributed by atoms with van der Waals surface area (Å²) in [6.45, 7) is 14.0. The molecule has 4 aromatic heterocycles. The number of terminal acetylenes is 1. The zero-order chi connectivity index (χ0) is 101. The zero-order valence-electron chi connectivity index (χ0n) is 75.8. The van der Waals surface area contributed by atoms with Gasteiger partial charge in [-0.15, -0.1) is 6.42 Å². The first-order valence-corrected chi connectivity index (χ1v) is 50.6. The molecule has 0 atom stereocenters. The van der Waals surface area contributed by atoms with E-state index in [-0.39, 0.29) is 152 Å². The monoisotopic (exact) mass is 2130 g/mol. The van der Waals surface area contributed by atoms with Crippen LogP contribution in [0, 0.1) is 47.9 Å². The van der Waals surface area contributed by atoms with Crippen LogP contribution in [0.5, 0.6) is 0 Å². The molecule has 0 saturated heterocycles. The molecule has 0 aliphatic heterocycles. The summed E-state index contributed by atoms with van der Waals surface area (Å²) in [7, 11) is -11.5. The van der Waals surface area contributed by atoms with Crippen LogP contribution in [0.25, 0.3) is 0 Å². The number of aromatic carboxylic acids is 1. The number of carbonyl (C=O) groups excluding carboxylic acids is 12. The predicted molar refractivity (Wildman–Crippen MR) is 536 cm³/mol. The number of nitrogen functional groups attached to an aromatic ring is 6. The molecule has 7 aromatic rings. The number of amides is 4. The maximum atomic E-state index is 13.2. The number of carbonyl (C=O) groups is 14. The molecule has 3 aromatic carbocycles. The Balaban J connectivity index is 0.000000829. The van der Waals surface area contributed by atoms with Gasteiger partial charge < -0.3 is 69.1 Å². The fourth-order valence-electron chi connectivity index (χ4n) is 10.2. The highest BCUT2D eigenvalue weighted by Crippen LogP contribution is 2.21. The number of halogens is 2. The number of pyridine rings is 4. The average molecular weight is 2130 g/mol. The summed E-state index contributed by atoms with van der Waals surface area (Å²) in [5.41, 5.74) is 39.0. The number of unbranched alkanes of at least 4 members (excludes halogenated alkanes) is 4. The van der Waals surface area contributed by atoms with E-state index in [2.05, 4.69) is 67.9 Å². The van der Waals surface area contributed by atoms with Gasteiger partial charge in [-0.2, -0.15) is 13.1 Å². The number of aliphatic carboxylic acids is 1. The topological polar surface area (TPSA) is 628 Å². The Morgan fingerprint density at radius 3 is 0.970 bits per heavy atom. The normalized spacial score (nSPS) is 10.5. The number of benzene rings is 3. The second-order valence-electron chi connectivity index (χ2n) is 29.9. The number of nitrogens with zero attached hydrogens (tertiary/aromatic N) is 7. The molecule has 716 valence electrons. The minimum atomic E-state index is -3.12. The maximum Gasteiger partial charge on any atom is 0.337 e. The van der Waals surface area contributed by atoms with Crippen LogP contribution in [-0.4, -0.2) is 175 Å². The van der Waals surface area contributed by atoms with Gasteiger partial charge in [0.15, 0.2) is 0 Å². The molecule has 41 heteroatoms. The number of aromatic nitrogens is 4. The van der Waals surface area contributed by atoms with E-state index in [4.69, 9.17) is 60.6 Å². The Bertz CT molecular complexity index is 5960. The molecule has 0 saturated carbocycles. The number of nitrogens with two attached hydrogens (primary N) is 6. The first-order valence-electron chi connectivity index (χ1n) is 41.0. The van der Waals surface area contributed by atoms with Crippen molar-refractivity contribution in [1.29, 1.82) is 4.78 Å². The lowest BCUT2D eigenvalue weighted by Gasteiger charge is -2.10. The van der Waals surface area contributed by atoms with Gasteiger partial charge in [0.05, 0.1) is 69.7 Å². The van der Waals surface area contributed by atoms with Crippen LogP contribution in [0.15, 0.2) is 135 Å². The smallest absolute Gasteiger partial charge is 0.337 e. The lowest BCUT2D eigenvalue weighted by atomic mass is 10.1. The van der Waals surface area contributed by atoms with Gasteiger partial charge in [0.2, 0.25) is 5.91 Å². The van der Waals surface area contributed by atoms with Crippen molar-refractivity contribution in [2.75, 3.05) is 85.7 Å². The summed E-state index contributed by atoms with van der Waals surface area (Å²) in [6, 6.07) is 27.0. The van der Waals surface area contributed by atoms with Crippen LogP contribution in [0.2, 0.25) is 0 Å². The number of rotatable bonds is 37. The van der Waals surface area contributed by atoms with Crippen molar-refractivity contribution in [3.63, 3.8) is 0 Å². The van der Waals surface area contributed by atoms with E-state index in [9.17, 15) is 79.2 Å². The summed E-state index contributed by atoms with van der Waals surface area (Å²) < 4.78 is 71.9. The van der Waals surface area contributed by atoms with Crippen molar-refractivity contribution < 1.29 is 94.2 Å². The second kappa shape index (κ2) is 62.2. The van der Waals surface area contributed by atoms with E-state index in [0.717, 1.165) is 25.3 Å². The molecule has 133 heavy (non-hydrogen) atoms. The molecule has 0 spiro atoms. The molecule has 4 heterocycles. The Kier molecular flexibility index (Phi) is 55.6. The van der Waals surface area contributed by atoms with Crippen LogP contribution in [0.1, 0.15) is 241 Å². The number of ketones is 8. The van der Waals surface area contributed by atoms with Crippen LogP contribution >= 0.6 is 45.2 Å². The third-order valence-electron chi connectivity index (χ3n) is 17.2. The first kappa shape index (κ1) is 119. The van der Waals surface area contributed by atoms with Gasteiger partial charge in [-0.1, -0.05) is 47.8 Å². The Hall–Kier alpha value is -12.2. The molecular formula is C92H115I2N15O20S4. The van der Waals surface area contributed by atoms with E-state index in [1.165, 1.54) is 91.5 Å². The minimum absolute atomic E-state index is 0.00440. The fraction of sp³-hybridized carbons (Fsp3) is 0.370. The van der Waals surface area contributed by atoms with Crippen LogP contribution in [-0.2, 0) is 86.9 Å². The quantitative estimate of drug-likeness (QED) is 0.00748. The summed E-state index contributed by atoms with van der Waals surface area (Å²) in [5, 5.41) is 18.6. The third kappa shape index (κ3) is 55.7. The number of hydrogen-bond donors (Lipinski definition) is 10. The maximum absolute atomic E-state index is 13.2. The lowest BCUT2D eigenvalue weighted by molar-refractivity contribution is -0.134. The SMILES string of the molecule is C#Cc1cccc(N)c1.CC(=O)CCCCS(=N)(=O)CCCCC(C)=O.CC(=O)CCCCS(=O)(CCCCC(C)=O)=NC(=O)c1cnc(N)c(I)c1.CC(=O)CCS(=O)(CCC(C)=O)=NC(=O)c1cnc(N)c(C#Cc2cccc(N)c2)c1.CC(=O)CCS(=O)(CCC(C)=O)=NC(=O)c1cnc(N)c(C#Cc2cccc(NC(C)=O)c2)c1.CC(=O)O.Nc1ncc(C(=O)O)cc1I. The lowest BCUT2D eigenvalue weighted by Crippen LogP contribution is -2.17. The number of anilines is 7. The van der Waals surface area contributed by atoms with Crippen molar-refractivity contribution in [3.05, 3.63) is 179 Å². The largest absolute Gasteiger partial charge is 0.481 e. The van der Waals surface area contributed by atoms with Crippen LogP contribution in [0.4, 0.5) is 40.3 Å². The molecular weight excluding hydrogens is 2020 g/mol. The molecule has 4 amide bonds.